The van der Waals surface area contributed by atoms with Gasteiger partial charge in [0.05, 0.1) is 25.2 Å². The number of rotatable bonds is 6. The molecule has 1 amide bonds. The number of hydrogen-bond donors (Lipinski definition) is 1. The van der Waals surface area contributed by atoms with Crippen molar-refractivity contribution in [3.8, 4) is 11.5 Å². The normalized spacial score (nSPS) is 16.3. The number of nitrogens with one attached hydrogen (secondary N) is 1. The van der Waals surface area contributed by atoms with Crippen molar-refractivity contribution in [2.45, 2.75) is 24.4 Å². The Hall–Kier alpha value is -3.30. The molecule has 9 heteroatoms. The highest BCUT2D eigenvalue weighted by Gasteiger charge is 2.38. The van der Waals surface area contributed by atoms with Gasteiger partial charge in [-0.2, -0.15) is 4.31 Å². The summed E-state index contributed by atoms with van der Waals surface area (Å²) in [5, 5.41) is 2.65. The molecule has 1 aliphatic rings. The van der Waals surface area contributed by atoms with Gasteiger partial charge in [-0.1, -0.05) is 6.07 Å². The summed E-state index contributed by atoms with van der Waals surface area (Å²) in [6, 6.07) is 15.0. The molecule has 0 saturated carbocycles. The van der Waals surface area contributed by atoms with E-state index in [1.54, 1.807) is 32.4 Å². The first kappa shape index (κ1) is 21.9. The van der Waals surface area contributed by atoms with E-state index in [4.69, 9.17) is 9.47 Å². The highest BCUT2D eigenvalue weighted by atomic mass is 32.2. The van der Waals surface area contributed by atoms with Crippen LogP contribution in [0.1, 0.15) is 24.2 Å². The molecule has 32 heavy (non-hydrogen) atoms. The zero-order chi connectivity index (χ0) is 22.9. The first-order valence-corrected chi connectivity index (χ1v) is 11.6. The summed E-state index contributed by atoms with van der Waals surface area (Å²) in [5.41, 5.74) is 2.20. The minimum absolute atomic E-state index is 0.164. The Bertz CT molecular complexity index is 1230. The SMILES string of the molecule is COc1ccc(C2c3cccn3CCN2S(=O)(=O)c2ccc(NC(C)=O)cc2)cc1OC. The largest absolute Gasteiger partial charge is 0.493 e. The molecule has 0 fully saturated rings. The van der Waals surface area contributed by atoms with Gasteiger partial charge in [-0.3, -0.25) is 4.79 Å². The maximum atomic E-state index is 13.7. The van der Waals surface area contributed by atoms with Crippen LogP contribution in [0.25, 0.3) is 0 Å². The zero-order valence-corrected chi connectivity index (χ0v) is 18.9. The van der Waals surface area contributed by atoms with Crippen LogP contribution in [0.15, 0.2) is 65.7 Å². The van der Waals surface area contributed by atoms with Crippen LogP contribution in [0.4, 0.5) is 5.69 Å². The molecular weight excluding hydrogens is 430 g/mol. The molecule has 1 unspecified atom stereocenters. The summed E-state index contributed by atoms with van der Waals surface area (Å²) in [5.74, 6) is 0.891. The van der Waals surface area contributed by atoms with E-state index < -0.39 is 16.1 Å². The Morgan fingerprint density at radius 2 is 1.72 bits per heavy atom. The Labute approximate surface area is 187 Å². The molecule has 0 aliphatic carbocycles. The van der Waals surface area contributed by atoms with E-state index in [1.807, 2.05) is 30.5 Å². The molecule has 8 nitrogen and oxygen atoms in total. The van der Waals surface area contributed by atoms with Gasteiger partial charge in [0.15, 0.2) is 11.5 Å². The van der Waals surface area contributed by atoms with Crippen LogP contribution in [0, 0.1) is 0 Å². The lowest BCUT2D eigenvalue weighted by Crippen LogP contribution is -2.42. The number of carbonyl (C=O) groups excluding carboxylic acids is 1. The van der Waals surface area contributed by atoms with Crippen LogP contribution in [-0.2, 0) is 21.4 Å². The van der Waals surface area contributed by atoms with Crippen molar-refractivity contribution < 1.29 is 22.7 Å². The monoisotopic (exact) mass is 455 g/mol. The van der Waals surface area contributed by atoms with Crippen molar-refractivity contribution in [3.63, 3.8) is 0 Å². The predicted octanol–water partition coefficient (Wildman–Crippen LogP) is 3.26. The van der Waals surface area contributed by atoms with E-state index in [1.165, 1.54) is 23.4 Å². The van der Waals surface area contributed by atoms with Crippen LogP contribution in [0.5, 0.6) is 11.5 Å². The average Bonchev–Trinajstić information content (AvgIpc) is 3.27. The van der Waals surface area contributed by atoms with Gasteiger partial charge in [-0.25, -0.2) is 8.42 Å². The maximum Gasteiger partial charge on any atom is 0.244 e. The third-order valence-corrected chi connectivity index (χ3v) is 7.38. The van der Waals surface area contributed by atoms with Crippen LogP contribution in [0.3, 0.4) is 0 Å². The first-order valence-electron chi connectivity index (χ1n) is 10.1. The average molecular weight is 456 g/mol. The number of nitrogens with zero attached hydrogens (tertiary/aromatic N) is 2. The van der Waals surface area contributed by atoms with Crippen molar-refractivity contribution in [1.82, 2.24) is 8.87 Å². The number of ether oxygens (including phenoxy) is 2. The van der Waals surface area contributed by atoms with Crippen molar-refractivity contribution in [1.29, 1.82) is 0 Å². The summed E-state index contributed by atoms with van der Waals surface area (Å²) < 4.78 is 41.7. The van der Waals surface area contributed by atoms with E-state index in [2.05, 4.69) is 9.88 Å². The van der Waals surface area contributed by atoms with Gasteiger partial charge in [0, 0.05) is 37.6 Å². The number of sulfonamides is 1. The molecule has 1 atom stereocenters. The van der Waals surface area contributed by atoms with E-state index in [9.17, 15) is 13.2 Å². The number of aromatic nitrogens is 1. The van der Waals surface area contributed by atoms with Gasteiger partial charge >= 0.3 is 0 Å². The lowest BCUT2D eigenvalue weighted by Gasteiger charge is -2.36. The lowest BCUT2D eigenvalue weighted by atomic mass is 10.0. The summed E-state index contributed by atoms with van der Waals surface area (Å²) in [6.45, 7) is 2.27. The maximum absolute atomic E-state index is 13.7. The van der Waals surface area contributed by atoms with Crippen LogP contribution >= 0.6 is 0 Å². The summed E-state index contributed by atoms with van der Waals surface area (Å²) in [4.78, 5) is 11.4. The van der Waals surface area contributed by atoms with Gasteiger partial charge in [0.1, 0.15) is 0 Å². The highest BCUT2D eigenvalue weighted by molar-refractivity contribution is 7.89. The second-order valence-corrected chi connectivity index (χ2v) is 9.36. The number of benzene rings is 2. The fourth-order valence-electron chi connectivity index (χ4n) is 4.03. The minimum Gasteiger partial charge on any atom is -0.493 e. The van der Waals surface area contributed by atoms with Gasteiger partial charge in [-0.05, 0) is 54.1 Å². The fraction of sp³-hybridized carbons (Fsp3) is 0.261. The number of fused-ring (bicyclic) bond motifs is 1. The van der Waals surface area contributed by atoms with E-state index >= 15 is 0 Å². The Morgan fingerprint density at radius 1 is 1.00 bits per heavy atom. The summed E-state index contributed by atoms with van der Waals surface area (Å²) >= 11 is 0. The second kappa shape index (κ2) is 8.68. The highest BCUT2D eigenvalue weighted by Crippen LogP contribution is 2.39. The number of amides is 1. The number of carbonyl (C=O) groups is 1. The molecule has 1 aliphatic heterocycles. The second-order valence-electron chi connectivity index (χ2n) is 7.46. The number of anilines is 1. The lowest BCUT2D eigenvalue weighted by molar-refractivity contribution is -0.114. The van der Waals surface area contributed by atoms with Crippen molar-refractivity contribution in [3.05, 3.63) is 72.1 Å². The van der Waals surface area contributed by atoms with Crippen molar-refractivity contribution in [2.75, 3.05) is 26.1 Å². The molecule has 1 N–H and O–H groups in total. The molecule has 0 saturated heterocycles. The Morgan fingerprint density at radius 3 is 2.38 bits per heavy atom. The Kier molecular flexibility index (Phi) is 5.94. The molecule has 1 aromatic heterocycles. The van der Waals surface area contributed by atoms with Gasteiger partial charge in [0.25, 0.3) is 0 Å². The standard InChI is InChI=1S/C23H25N3O5S/c1-16(27)24-18-7-9-19(10-8-18)32(28,29)26-14-13-25-12-4-5-20(25)23(26)17-6-11-21(30-2)22(15-17)31-3/h4-12,15,23H,13-14H2,1-3H3,(H,24,27). The third-order valence-electron chi connectivity index (χ3n) is 5.50. The van der Waals surface area contributed by atoms with Gasteiger partial charge < -0.3 is 19.4 Å². The molecule has 0 radical (unpaired) electrons. The van der Waals surface area contributed by atoms with E-state index in [-0.39, 0.29) is 10.8 Å². The predicted molar refractivity (Wildman–Crippen MR) is 120 cm³/mol. The van der Waals surface area contributed by atoms with Crippen molar-refractivity contribution in [2.24, 2.45) is 0 Å². The minimum atomic E-state index is -3.83. The fourth-order valence-corrected chi connectivity index (χ4v) is 5.61. The molecule has 2 aromatic carbocycles. The van der Waals surface area contributed by atoms with Gasteiger partial charge in [0.2, 0.25) is 15.9 Å². The molecule has 3 aromatic rings. The first-order chi connectivity index (χ1) is 15.3. The molecule has 0 bridgehead atoms. The van der Waals surface area contributed by atoms with Gasteiger partial charge in [-0.15, -0.1) is 0 Å². The third kappa shape index (κ3) is 3.96. The molecule has 2 heterocycles. The van der Waals surface area contributed by atoms with E-state index in [0.717, 1.165) is 11.3 Å². The van der Waals surface area contributed by atoms with Crippen LogP contribution in [0.2, 0.25) is 0 Å². The Balaban J connectivity index is 1.78. The van der Waals surface area contributed by atoms with Crippen LogP contribution < -0.4 is 14.8 Å². The smallest absolute Gasteiger partial charge is 0.244 e. The topological polar surface area (TPSA) is 89.9 Å². The number of methoxy groups -OCH3 is 2. The van der Waals surface area contributed by atoms with Crippen LogP contribution in [-0.4, -0.2) is 44.0 Å². The quantitative estimate of drug-likeness (QED) is 0.616. The zero-order valence-electron chi connectivity index (χ0n) is 18.1. The number of hydrogen-bond acceptors (Lipinski definition) is 5. The molecule has 4 rings (SSSR count). The summed E-state index contributed by atoms with van der Waals surface area (Å²) in [6.07, 6.45) is 1.95. The molecular formula is C23H25N3O5S. The van der Waals surface area contributed by atoms with E-state index in [0.29, 0.717) is 30.3 Å². The molecule has 168 valence electrons. The molecule has 0 spiro atoms. The van der Waals surface area contributed by atoms with Crippen molar-refractivity contribution >= 4 is 21.6 Å². The summed E-state index contributed by atoms with van der Waals surface area (Å²) in [7, 11) is -0.713.